The summed E-state index contributed by atoms with van der Waals surface area (Å²) < 4.78 is 24.5. The van der Waals surface area contributed by atoms with Crippen LogP contribution >= 0.6 is 0 Å². The van der Waals surface area contributed by atoms with E-state index in [9.17, 15) is 13.9 Å². The van der Waals surface area contributed by atoms with Gasteiger partial charge in [-0.15, -0.1) is 0 Å². The minimum atomic E-state index is -2.36. The molecule has 0 unspecified atom stereocenters. The molecule has 0 heterocycles. The van der Waals surface area contributed by atoms with Crippen LogP contribution in [-0.2, 0) is 17.4 Å². The van der Waals surface area contributed by atoms with Gasteiger partial charge in [0, 0.05) is 6.54 Å². The van der Waals surface area contributed by atoms with Crippen LogP contribution in [0.4, 0.5) is 8.78 Å². The molecule has 0 atom stereocenters. The zero-order valence-electron chi connectivity index (χ0n) is 13.8. The third kappa shape index (κ3) is 4.95. The van der Waals surface area contributed by atoms with Crippen molar-refractivity contribution in [1.29, 1.82) is 0 Å². The van der Waals surface area contributed by atoms with E-state index in [1.54, 1.807) is 0 Å². The number of benzene rings is 1. The number of hydrogen-bond donors (Lipinski definition) is 2. The maximum Gasteiger partial charge on any atom is 0.250 e. The van der Waals surface area contributed by atoms with E-state index < -0.39 is 6.43 Å². The number of alkyl halides is 2. The Balaban J connectivity index is 3.21. The highest BCUT2D eigenvalue weighted by atomic mass is 19.3. The fourth-order valence-electron chi connectivity index (χ4n) is 2.27. The summed E-state index contributed by atoms with van der Waals surface area (Å²) >= 11 is 0. The second kappa shape index (κ2) is 6.30. The summed E-state index contributed by atoms with van der Waals surface area (Å²) in [7, 11) is 0. The quantitative estimate of drug-likeness (QED) is 0.866. The molecule has 0 saturated carbocycles. The van der Waals surface area contributed by atoms with Crippen LogP contribution in [0.3, 0.4) is 0 Å². The van der Waals surface area contributed by atoms with Crippen molar-refractivity contribution in [2.24, 2.45) is 0 Å². The van der Waals surface area contributed by atoms with Gasteiger partial charge in [-0.05, 0) is 27.5 Å². The first-order chi connectivity index (χ1) is 9.43. The molecule has 0 aliphatic rings. The molecule has 0 amide bonds. The first kappa shape index (κ1) is 17.9. The van der Waals surface area contributed by atoms with Crippen LogP contribution in [0.1, 0.15) is 58.2 Å². The lowest BCUT2D eigenvalue weighted by molar-refractivity contribution is 0.145. The smallest absolute Gasteiger partial charge is 0.250 e. The molecule has 4 heteroatoms. The maximum atomic E-state index is 12.2. The standard InChI is InChI=1S/C17H27F2NO/c1-16(2,3)12-7-11(9-20-10-14(18)19)8-13(15(12)21)17(4,5)6/h7-8,14,20-21H,9-10H2,1-6H3. The highest BCUT2D eigenvalue weighted by molar-refractivity contribution is 5.49. The summed E-state index contributed by atoms with van der Waals surface area (Å²) in [4.78, 5) is 0. The van der Waals surface area contributed by atoms with Crippen LogP contribution < -0.4 is 5.32 Å². The largest absolute Gasteiger partial charge is 0.507 e. The molecule has 0 spiro atoms. The van der Waals surface area contributed by atoms with E-state index in [0.29, 0.717) is 12.3 Å². The fourth-order valence-corrected chi connectivity index (χ4v) is 2.27. The van der Waals surface area contributed by atoms with Crippen molar-refractivity contribution in [1.82, 2.24) is 5.32 Å². The lowest BCUT2D eigenvalue weighted by atomic mass is 9.78. The van der Waals surface area contributed by atoms with E-state index in [0.717, 1.165) is 16.7 Å². The minimum absolute atomic E-state index is 0.206. The lowest BCUT2D eigenvalue weighted by Crippen LogP contribution is -2.22. The molecule has 21 heavy (non-hydrogen) atoms. The molecule has 1 aromatic carbocycles. The van der Waals surface area contributed by atoms with E-state index in [2.05, 4.69) is 5.32 Å². The zero-order valence-corrected chi connectivity index (χ0v) is 13.8. The number of phenolic OH excluding ortho intramolecular Hbond substituents is 1. The van der Waals surface area contributed by atoms with E-state index in [1.165, 1.54) is 0 Å². The van der Waals surface area contributed by atoms with Crippen molar-refractivity contribution in [3.05, 3.63) is 28.8 Å². The minimum Gasteiger partial charge on any atom is -0.507 e. The topological polar surface area (TPSA) is 32.3 Å². The summed E-state index contributed by atoms with van der Waals surface area (Å²) in [6.07, 6.45) is -2.36. The average Bonchev–Trinajstić information content (AvgIpc) is 2.27. The van der Waals surface area contributed by atoms with Crippen LogP contribution in [0.25, 0.3) is 0 Å². The maximum absolute atomic E-state index is 12.2. The Morgan fingerprint density at radius 3 is 1.76 bits per heavy atom. The number of phenols is 1. The Hall–Kier alpha value is -1.16. The highest BCUT2D eigenvalue weighted by Gasteiger charge is 2.26. The monoisotopic (exact) mass is 299 g/mol. The number of nitrogens with one attached hydrogen (secondary N) is 1. The summed E-state index contributed by atoms with van der Waals surface area (Å²) in [5, 5.41) is 13.3. The predicted octanol–water partition coefficient (Wildman–Crippen LogP) is 4.34. The first-order valence-corrected chi connectivity index (χ1v) is 7.28. The molecule has 0 saturated heterocycles. The van der Waals surface area contributed by atoms with Crippen molar-refractivity contribution in [2.75, 3.05) is 6.54 Å². The molecule has 0 bridgehead atoms. The van der Waals surface area contributed by atoms with Gasteiger partial charge in [-0.1, -0.05) is 53.7 Å². The SMILES string of the molecule is CC(C)(C)c1cc(CNCC(F)F)cc(C(C)(C)C)c1O. The van der Waals surface area contributed by atoms with Crippen LogP contribution in [-0.4, -0.2) is 18.1 Å². The molecule has 0 radical (unpaired) electrons. The summed E-state index contributed by atoms with van der Waals surface area (Å²) in [6, 6.07) is 3.81. The molecule has 0 aliphatic heterocycles. The zero-order chi connectivity index (χ0) is 16.4. The van der Waals surface area contributed by atoms with Crippen LogP contribution in [0.2, 0.25) is 0 Å². The van der Waals surface area contributed by atoms with Gasteiger partial charge in [0.1, 0.15) is 5.75 Å². The van der Waals surface area contributed by atoms with Gasteiger partial charge in [0.25, 0.3) is 6.43 Å². The van der Waals surface area contributed by atoms with Gasteiger partial charge in [-0.25, -0.2) is 8.78 Å². The molecular formula is C17H27F2NO. The number of aromatic hydroxyl groups is 1. The summed E-state index contributed by atoms with van der Waals surface area (Å²) in [5.41, 5.74) is 2.21. The Kier molecular flexibility index (Phi) is 5.37. The summed E-state index contributed by atoms with van der Waals surface area (Å²) in [6.45, 7) is 12.2. The van der Waals surface area contributed by atoms with Crippen LogP contribution in [0, 0.1) is 0 Å². The molecule has 0 fully saturated rings. The normalized spacial score (nSPS) is 13.0. The van der Waals surface area contributed by atoms with Gasteiger partial charge in [0.15, 0.2) is 0 Å². The molecule has 0 aromatic heterocycles. The summed E-state index contributed by atoms with van der Waals surface area (Å²) in [5.74, 6) is 0.313. The lowest BCUT2D eigenvalue weighted by Gasteiger charge is -2.28. The van der Waals surface area contributed by atoms with Crippen molar-refractivity contribution in [3.63, 3.8) is 0 Å². The van der Waals surface area contributed by atoms with Gasteiger partial charge in [0.05, 0.1) is 6.54 Å². The van der Waals surface area contributed by atoms with Gasteiger partial charge in [-0.3, -0.25) is 0 Å². The van der Waals surface area contributed by atoms with Gasteiger partial charge in [0.2, 0.25) is 0 Å². The second-order valence-corrected chi connectivity index (χ2v) is 7.56. The van der Waals surface area contributed by atoms with E-state index in [4.69, 9.17) is 0 Å². The molecule has 2 nitrogen and oxygen atoms in total. The van der Waals surface area contributed by atoms with E-state index in [1.807, 2.05) is 53.7 Å². The Labute approximate surface area is 126 Å². The molecule has 120 valence electrons. The number of hydrogen-bond acceptors (Lipinski definition) is 2. The van der Waals surface area contributed by atoms with Crippen molar-refractivity contribution >= 4 is 0 Å². The van der Waals surface area contributed by atoms with Crippen molar-refractivity contribution < 1.29 is 13.9 Å². The molecule has 0 aliphatic carbocycles. The fraction of sp³-hybridized carbons (Fsp3) is 0.647. The Morgan fingerprint density at radius 1 is 1.00 bits per heavy atom. The first-order valence-electron chi connectivity index (χ1n) is 7.28. The van der Waals surface area contributed by atoms with Crippen LogP contribution in [0.5, 0.6) is 5.75 Å². The highest BCUT2D eigenvalue weighted by Crippen LogP contribution is 2.39. The third-order valence-electron chi connectivity index (χ3n) is 3.41. The molecule has 1 aromatic rings. The Bertz CT molecular complexity index is 450. The average molecular weight is 299 g/mol. The molecular weight excluding hydrogens is 272 g/mol. The van der Waals surface area contributed by atoms with E-state index >= 15 is 0 Å². The van der Waals surface area contributed by atoms with Gasteiger partial charge in [-0.2, -0.15) is 0 Å². The van der Waals surface area contributed by atoms with Gasteiger partial charge >= 0.3 is 0 Å². The second-order valence-electron chi connectivity index (χ2n) is 7.56. The van der Waals surface area contributed by atoms with Crippen molar-refractivity contribution in [3.8, 4) is 5.75 Å². The van der Waals surface area contributed by atoms with Crippen molar-refractivity contribution in [2.45, 2.75) is 65.3 Å². The number of rotatable bonds is 4. The van der Waals surface area contributed by atoms with E-state index in [-0.39, 0.29) is 17.4 Å². The number of halogens is 2. The molecule has 2 N–H and O–H groups in total. The third-order valence-corrected chi connectivity index (χ3v) is 3.41. The molecule has 1 rings (SSSR count). The van der Waals surface area contributed by atoms with Gasteiger partial charge < -0.3 is 10.4 Å². The Morgan fingerprint density at radius 2 is 1.43 bits per heavy atom. The predicted molar refractivity (Wildman–Crippen MR) is 83.2 cm³/mol. The van der Waals surface area contributed by atoms with Crippen LogP contribution in [0.15, 0.2) is 12.1 Å².